The van der Waals surface area contributed by atoms with E-state index < -0.39 is 23.6 Å². The van der Waals surface area contributed by atoms with Crippen LogP contribution in [-0.4, -0.2) is 26.1 Å². The van der Waals surface area contributed by atoms with Crippen molar-refractivity contribution in [2.24, 2.45) is 0 Å². The Labute approximate surface area is 148 Å². The average molecular weight is 462 g/mol. The van der Waals surface area contributed by atoms with Crippen molar-refractivity contribution in [3.8, 4) is 0 Å². The van der Waals surface area contributed by atoms with E-state index in [1.165, 1.54) is 10.8 Å². The molecule has 0 radical (unpaired) electrons. The van der Waals surface area contributed by atoms with Gasteiger partial charge in [-0.25, -0.2) is 9.97 Å². The standard InChI is InChI=1S/C13H12ClF3IN3O2/c1-12(2,3)23-7(22)5-21-4-6(18)8-9(14)19-11(13(15,16)17)20-10(8)21/h4H,5H2,1-3H3. The van der Waals surface area contributed by atoms with E-state index in [9.17, 15) is 18.0 Å². The Morgan fingerprint density at radius 1 is 1.35 bits per heavy atom. The van der Waals surface area contributed by atoms with Gasteiger partial charge in [0.25, 0.3) is 0 Å². The van der Waals surface area contributed by atoms with Gasteiger partial charge in [0.15, 0.2) is 0 Å². The second-order valence-electron chi connectivity index (χ2n) is 5.73. The second-order valence-corrected chi connectivity index (χ2v) is 7.25. The van der Waals surface area contributed by atoms with Gasteiger partial charge in [-0.15, -0.1) is 0 Å². The van der Waals surface area contributed by atoms with Gasteiger partial charge in [0.05, 0.1) is 5.39 Å². The Balaban J connectivity index is 2.49. The topological polar surface area (TPSA) is 57.0 Å². The number of carbonyl (C=O) groups excluding carboxylic acids is 1. The first-order valence-corrected chi connectivity index (χ1v) is 7.85. The first-order chi connectivity index (χ1) is 10.4. The highest BCUT2D eigenvalue weighted by molar-refractivity contribution is 14.1. The zero-order valence-corrected chi connectivity index (χ0v) is 15.2. The monoisotopic (exact) mass is 461 g/mol. The minimum Gasteiger partial charge on any atom is -0.459 e. The molecule has 0 saturated heterocycles. The zero-order valence-electron chi connectivity index (χ0n) is 12.3. The van der Waals surface area contributed by atoms with Crippen LogP contribution in [0, 0.1) is 3.57 Å². The lowest BCUT2D eigenvalue weighted by molar-refractivity contribution is -0.155. The number of halogens is 5. The molecule has 2 aromatic rings. The van der Waals surface area contributed by atoms with Crippen molar-refractivity contribution in [3.05, 3.63) is 20.7 Å². The molecule has 0 spiro atoms. The van der Waals surface area contributed by atoms with Crippen LogP contribution in [0.3, 0.4) is 0 Å². The summed E-state index contributed by atoms with van der Waals surface area (Å²) in [5, 5.41) is -0.0431. The summed E-state index contributed by atoms with van der Waals surface area (Å²) in [6.07, 6.45) is -3.25. The number of nitrogens with zero attached hydrogens (tertiary/aromatic N) is 3. The molecule has 2 aromatic heterocycles. The Kier molecular flexibility index (Phi) is 4.82. The van der Waals surface area contributed by atoms with Gasteiger partial charge in [0.2, 0.25) is 5.82 Å². The number of fused-ring (bicyclic) bond motifs is 1. The van der Waals surface area contributed by atoms with Gasteiger partial charge in [-0.1, -0.05) is 11.6 Å². The van der Waals surface area contributed by atoms with E-state index in [0.29, 0.717) is 3.57 Å². The average Bonchev–Trinajstić information content (AvgIpc) is 2.62. The van der Waals surface area contributed by atoms with E-state index in [4.69, 9.17) is 16.3 Å². The van der Waals surface area contributed by atoms with Crippen LogP contribution >= 0.6 is 34.2 Å². The Bertz CT molecular complexity index is 768. The summed E-state index contributed by atoms with van der Waals surface area (Å²) in [6.45, 7) is 4.82. The minimum atomic E-state index is -4.73. The van der Waals surface area contributed by atoms with Crippen molar-refractivity contribution in [1.82, 2.24) is 14.5 Å². The molecular weight excluding hydrogens is 450 g/mol. The van der Waals surface area contributed by atoms with E-state index in [1.54, 1.807) is 20.8 Å². The second kappa shape index (κ2) is 6.08. The first-order valence-electron chi connectivity index (χ1n) is 6.39. The molecule has 10 heteroatoms. The summed E-state index contributed by atoms with van der Waals surface area (Å²) in [5.41, 5.74) is -0.760. The fourth-order valence-electron chi connectivity index (χ4n) is 1.86. The number of alkyl halides is 3. The summed E-state index contributed by atoms with van der Waals surface area (Å²) in [7, 11) is 0. The molecule has 0 atom stereocenters. The third-order valence-corrected chi connectivity index (χ3v) is 3.69. The van der Waals surface area contributed by atoms with Gasteiger partial charge in [-0.05, 0) is 43.4 Å². The maximum atomic E-state index is 12.8. The predicted molar refractivity (Wildman–Crippen MR) is 86.1 cm³/mol. The number of carbonyl (C=O) groups is 1. The van der Waals surface area contributed by atoms with Crippen molar-refractivity contribution in [2.75, 3.05) is 0 Å². The maximum Gasteiger partial charge on any atom is 0.451 e. The molecule has 0 aliphatic carbocycles. The van der Waals surface area contributed by atoms with Crippen LogP contribution in [0.15, 0.2) is 6.20 Å². The van der Waals surface area contributed by atoms with E-state index >= 15 is 0 Å². The van der Waals surface area contributed by atoms with E-state index in [-0.39, 0.29) is 22.7 Å². The highest BCUT2D eigenvalue weighted by Gasteiger charge is 2.36. The molecule has 0 N–H and O–H groups in total. The Morgan fingerprint density at radius 2 is 1.96 bits per heavy atom. The van der Waals surface area contributed by atoms with Crippen molar-refractivity contribution < 1.29 is 22.7 Å². The van der Waals surface area contributed by atoms with Gasteiger partial charge in [-0.3, -0.25) is 4.79 Å². The third kappa shape index (κ3) is 4.25. The van der Waals surface area contributed by atoms with Gasteiger partial charge >= 0.3 is 12.1 Å². The van der Waals surface area contributed by atoms with E-state index in [0.717, 1.165) is 0 Å². The maximum absolute atomic E-state index is 12.8. The summed E-state index contributed by atoms with van der Waals surface area (Å²) in [6, 6.07) is 0. The van der Waals surface area contributed by atoms with Crippen molar-refractivity contribution in [2.45, 2.75) is 39.1 Å². The van der Waals surface area contributed by atoms with Gasteiger partial charge in [0.1, 0.15) is 22.9 Å². The molecule has 5 nitrogen and oxygen atoms in total. The van der Waals surface area contributed by atoms with Crippen LogP contribution in [0.2, 0.25) is 5.15 Å². The lowest BCUT2D eigenvalue weighted by Crippen LogP contribution is -2.26. The van der Waals surface area contributed by atoms with Gasteiger partial charge in [0, 0.05) is 9.77 Å². The lowest BCUT2D eigenvalue weighted by Gasteiger charge is -2.19. The summed E-state index contributed by atoms with van der Waals surface area (Å²) < 4.78 is 45.5. The van der Waals surface area contributed by atoms with E-state index in [2.05, 4.69) is 9.97 Å². The van der Waals surface area contributed by atoms with Crippen LogP contribution in [-0.2, 0) is 22.3 Å². The number of aromatic nitrogens is 3. The first kappa shape index (κ1) is 18.2. The highest BCUT2D eigenvalue weighted by Crippen LogP contribution is 2.33. The summed E-state index contributed by atoms with van der Waals surface area (Å²) in [4.78, 5) is 18.7. The molecule has 0 unspecified atom stereocenters. The zero-order chi connectivity index (χ0) is 17.6. The van der Waals surface area contributed by atoms with Crippen molar-refractivity contribution in [1.29, 1.82) is 0 Å². The number of hydrogen-bond acceptors (Lipinski definition) is 4. The lowest BCUT2D eigenvalue weighted by atomic mass is 10.2. The smallest absolute Gasteiger partial charge is 0.451 e. The largest absolute Gasteiger partial charge is 0.459 e. The molecule has 23 heavy (non-hydrogen) atoms. The molecule has 2 rings (SSSR count). The highest BCUT2D eigenvalue weighted by atomic mass is 127. The molecular formula is C13H12ClF3IN3O2. The summed E-state index contributed by atoms with van der Waals surface area (Å²) in [5.74, 6) is -1.94. The Hall–Kier alpha value is -1.10. The quantitative estimate of drug-likeness (QED) is 0.385. The molecule has 0 bridgehead atoms. The van der Waals surface area contributed by atoms with E-state index in [1.807, 2.05) is 22.6 Å². The Morgan fingerprint density at radius 3 is 2.48 bits per heavy atom. The van der Waals surface area contributed by atoms with Gasteiger partial charge < -0.3 is 9.30 Å². The van der Waals surface area contributed by atoms with Crippen LogP contribution < -0.4 is 0 Å². The summed E-state index contributed by atoms with van der Waals surface area (Å²) >= 11 is 7.74. The molecule has 2 heterocycles. The molecule has 0 aliphatic rings. The number of rotatable bonds is 2. The fourth-order valence-corrected chi connectivity index (χ4v) is 3.12. The number of ether oxygens (including phenoxy) is 1. The predicted octanol–water partition coefficient (Wildman–Crippen LogP) is 4.05. The molecule has 0 aromatic carbocycles. The normalized spacial score (nSPS) is 12.7. The SMILES string of the molecule is CC(C)(C)OC(=O)Cn1cc(I)c2c(Cl)nc(C(F)(F)F)nc21. The van der Waals surface area contributed by atoms with Crippen LogP contribution in [0.5, 0.6) is 0 Å². The molecule has 0 fully saturated rings. The number of hydrogen-bond donors (Lipinski definition) is 0. The van der Waals surface area contributed by atoms with Gasteiger partial charge in [-0.2, -0.15) is 13.2 Å². The number of esters is 1. The van der Waals surface area contributed by atoms with Crippen molar-refractivity contribution >= 4 is 51.2 Å². The van der Waals surface area contributed by atoms with Crippen molar-refractivity contribution in [3.63, 3.8) is 0 Å². The van der Waals surface area contributed by atoms with Crippen LogP contribution in [0.4, 0.5) is 13.2 Å². The molecule has 0 aliphatic heterocycles. The fraction of sp³-hybridized carbons (Fsp3) is 0.462. The minimum absolute atomic E-state index is 0.0624. The van der Waals surface area contributed by atoms with Crippen LogP contribution in [0.25, 0.3) is 11.0 Å². The molecule has 0 amide bonds. The molecule has 0 saturated carbocycles. The van der Waals surface area contributed by atoms with Crippen LogP contribution in [0.1, 0.15) is 26.6 Å². The molecule has 126 valence electrons. The third-order valence-electron chi connectivity index (χ3n) is 2.60.